The second kappa shape index (κ2) is 6.71. The fourth-order valence-electron chi connectivity index (χ4n) is 0.892. The molecule has 0 spiro atoms. The Labute approximate surface area is 79.3 Å². The van der Waals surface area contributed by atoms with Gasteiger partial charge in [-0.3, -0.25) is 0 Å². The molecule has 0 aromatic heterocycles. The van der Waals surface area contributed by atoms with Crippen LogP contribution in [0.15, 0.2) is 0 Å². The van der Waals surface area contributed by atoms with Gasteiger partial charge in [-0.25, -0.2) is 4.79 Å². The first-order valence-corrected chi connectivity index (χ1v) is 4.68. The van der Waals surface area contributed by atoms with E-state index in [4.69, 9.17) is 4.74 Å². The number of carbonyl (C=O) groups is 1. The van der Waals surface area contributed by atoms with E-state index >= 15 is 0 Å². The normalized spacial score (nSPS) is 12.7. The number of hydrogen-bond donors (Lipinski definition) is 2. The molecule has 4 nitrogen and oxygen atoms in total. The molecule has 0 bridgehead atoms. The summed E-state index contributed by atoms with van der Waals surface area (Å²) in [4.78, 5) is 10.9. The van der Waals surface area contributed by atoms with Gasteiger partial charge in [0.05, 0.1) is 12.2 Å². The minimum absolute atomic E-state index is 0.122. The van der Waals surface area contributed by atoms with Crippen molar-refractivity contribution in [3.63, 3.8) is 0 Å². The molecular formula is C9H19NO3. The Morgan fingerprint density at radius 2 is 2.15 bits per heavy atom. The Morgan fingerprint density at radius 1 is 1.54 bits per heavy atom. The highest BCUT2D eigenvalue weighted by Crippen LogP contribution is 1.94. The van der Waals surface area contributed by atoms with E-state index in [-0.39, 0.29) is 12.6 Å². The van der Waals surface area contributed by atoms with Gasteiger partial charge in [0, 0.05) is 6.54 Å². The standard InChI is InChI=1S/C9H19NO3/c1-4-5-8(11)6-10-9(12)13-7(2)3/h7-8,11H,4-6H2,1-3H3,(H,10,12). The highest BCUT2D eigenvalue weighted by atomic mass is 16.6. The Morgan fingerprint density at radius 3 is 2.62 bits per heavy atom. The number of nitrogens with one attached hydrogen (secondary N) is 1. The van der Waals surface area contributed by atoms with Gasteiger partial charge in [0.15, 0.2) is 0 Å². The molecule has 0 rings (SSSR count). The number of alkyl carbamates (subject to hydrolysis) is 1. The maximum Gasteiger partial charge on any atom is 0.407 e. The topological polar surface area (TPSA) is 58.6 Å². The molecule has 0 saturated carbocycles. The maximum absolute atomic E-state index is 10.9. The monoisotopic (exact) mass is 189 g/mol. The van der Waals surface area contributed by atoms with Gasteiger partial charge in [-0.1, -0.05) is 13.3 Å². The van der Waals surface area contributed by atoms with Gasteiger partial charge in [0.1, 0.15) is 0 Å². The summed E-state index contributed by atoms with van der Waals surface area (Å²) in [5.41, 5.74) is 0. The van der Waals surface area contributed by atoms with Crippen molar-refractivity contribution in [1.29, 1.82) is 0 Å². The van der Waals surface area contributed by atoms with Crippen LogP contribution in [-0.2, 0) is 4.74 Å². The fourth-order valence-corrected chi connectivity index (χ4v) is 0.892. The summed E-state index contributed by atoms with van der Waals surface area (Å²) in [5, 5.41) is 11.7. The summed E-state index contributed by atoms with van der Waals surface area (Å²) in [5.74, 6) is 0. The van der Waals surface area contributed by atoms with Crippen molar-refractivity contribution in [1.82, 2.24) is 5.32 Å². The summed E-state index contributed by atoms with van der Waals surface area (Å²) in [6, 6.07) is 0. The highest BCUT2D eigenvalue weighted by molar-refractivity contribution is 5.67. The van der Waals surface area contributed by atoms with Crippen LogP contribution < -0.4 is 5.32 Å². The molecule has 0 aromatic rings. The van der Waals surface area contributed by atoms with Crippen LogP contribution in [-0.4, -0.2) is 30.0 Å². The van der Waals surface area contributed by atoms with E-state index in [1.54, 1.807) is 13.8 Å². The zero-order chi connectivity index (χ0) is 10.3. The molecule has 78 valence electrons. The summed E-state index contributed by atoms with van der Waals surface area (Å²) in [7, 11) is 0. The van der Waals surface area contributed by atoms with Gasteiger partial charge >= 0.3 is 6.09 Å². The molecule has 0 heterocycles. The number of carbonyl (C=O) groups excluding carboxylic acids is 1. The molecule has 0 aliphatic heterocycles. The van der Waals surface area contributed by atoms with Crippen LogP contribution in [0.2, 0.25) is 0 Å². The molecular weight excluding hydrogens is 170 g/mol. The lowest BCUT2D eigenvalue weighted by Gasteiger charge is -2.12. The summed E-state index contributed by atoms with van der Waals surface area (Å²) in [6.07, 6.45) is 0.544. The molecule has 0 fully saturated rings. The number of amides is 1. The first kappa shape index (κ1) is 12.2. The Hall–Kier alpha value is -0.770. The molecule has 0 saturated heterocycles. The van der Waals surface area contributed by atoms with Crippen molar-refractivity contribution in [2.45, 2.75) is 45.8 Å². The maximum atomic E-state index is 10.9. The largest absolute Gasteiger partial charge is 0.447 e. The van der Waals surface area contributed by atoms with Crippen LogP contribution in [0, 0.1) is 0 Å². The number of aliphatic hydroxyl groups excluding tert-OH is 1. The molecule has 4 heteroatoms. The molecule has 2 N–H and O–H groups in total. The van der Waals surface area contributed by atoms with Gasteiger partial charge in [0.2, 0.25) is 0 Å². The van der Waals surface area contributed by atoms with Gasteiger partial charge in [0.25, 0.3) is 0 Å². The van der Waals surface area contributed by atoms with E-state index < -0.39 is 12.2 Å². The molecule has 1 atom stereocenters. The zero-order valence-corrected chi connectivity index (χ0v) is 8.54. The van der Waals surface area contributed by atoms with E-state index in [0.29, 0.717) is 6.42 Å². The average Bonchev–Trinajstić information content (AvgIpc) is 2.00. The van der Waals surface area contributed by atoms with E-state index in [9.17, 15) is 9.90 Å². The van der Waals surface area contributed by atoms with Crippen molar-refractivity contribution in [3.8, 4) is 0 Å². The third kappa shape index (κ3) is 7.59. The van der Waals surface area contributed by atoms with E-state index in [1.807, 2.05) is 6.92 Å². The number of rotatable bonds is 5. The van der Waals surface area contributed by atoms with Crippen LogP contribution in [0.3, 0.4) is 0 Å². The Bertz CT molecular complexity index is 148. The van der Waals surface area contributed by atoms with E-state index in [1.165, 1.54) is 0 Å². The minimum atomic E-state index is -0.468. The molecule has 13 heavy (non-hydrogen) atoms. The number of ether oxygens (including phenoxy) is 1. The fraction of sp³-hybridized carbons (Fsp3) is 0.889. The predicted octanol–water partition coefficient (Wildman–Crippen LogP) is 1.28. The number of aliphatic hydroxyl groups is 1. The van der Waals surface area contributed by atoms with Crippen molar-refractivity contribution in [2.24, 2.45) is 0 Å². The Balaban J connectivity index is 3.46. The Kier molecular flexibility index (Phi) is 6.32. The van der Waals surface area contributed by atoms with Crippen LogP contribution in [0.25, 0.3) is 0 Å². The lowest BCUT2D eigenvalue weighted by Crippen LogP contribution is -2.33. The average molecular weight is 189 g/mol. The molecule has 0 aliphatic rings. The number of hydrogen-bond acceptors (Lipinski definition) is 3. The van der Waals surface area contributed by atoms with Crippen molar-refractivity contribution < 1.29 is 14.6 Å². The lowest BCUT2D eigenvalue weighted by atomic mass is 10.2. The SMILES string of the molecule is CCCC(O)CNC(=O)OC(C)C. The smallest absolute Gasteiger partial charge is 0.407 e. The van der Waals surface area contributed by atoms with Crippen LogP contribution >= 0.6 is 0 Å². The second-order valence-corrected chi connectivity index (χ2v) is 3.28. The van der Waals surface area contributed by atoms with Gasteiger partial charge in [-0.15, -0.1) is 0 Å². The molecule has 0 aliphatic carbocycles. The molecule has 1 unspecified atom stereocenters. The molecule has 0 aromatic carbocycles. The van der Waals surface area contributed by atoms with Crippen molar-refractivity contribution >= 4 is 6.09 Å². The minimum Gasteiger partial charge on any atom is -0.447 e. The van der Waals surface area contributed by atoms with Crippen molar-refractivity contribution in [3.05, 3.63) is 0 Å². The summed E-state index contributed by atoms with van der Waals surface area (Å²) in [6.45, 7) is 5.80. The molecule has 0 radical (unpaired) electrons. The van der Waals surface area contributed by atoms with Gasteiger partial charge in [-0.2, -0.15) is 0 Å². The zero-order valence-electron chi connectivity index (χ0n) is 8.54. The second-order valence-electron chi connectivity index (χ2n) is 3.28. The van der Waals surface area contributed by atoms with Crippen molar-refractivity contribution in [2.75, 3.05) is 6.54 Å². The van der Waals surface area contributed by atoms with Crippen LogP contribution in [0.4, 0.5) is 4.79 Å². The quantitative estimate of drug-likeness (QED) is 0.685. The van der Waals surface area contributed by atoms with E-state index in [2.05, 4.69) is 5.32 Å². The van der Waals surface area contributed by atoms with Gasteiger partial charge < -0.3 is 15.2 Å². The lowest BCUT2D eigenvalue weighted by molar-refractivity contribution is 0.105. The van der Waals surface area contributed by atoms with E-state index in [0.717, 1.165) is 6.42 Å². The summed E-state index contributed by atoms with van der Waals surface area (Å²) < 4.78 is 4.82. The predicted molar refractivity (Wildman–Crippen MR) is 50.5 cm³/mol. The van der Waals surface area contributed by atoms with Gasteiger partial charge in [-0.05, 0) is 20.3 Å². The summed E-state index contributed by atoms with van der Waals surface area (Å²) >= 11 is 0. The van der Waals surface area contributed by atoms with Crippen LogP contribution in [0.1, 0.15) is 33.6 Å². The van der Waals surface area contributed by atoms with Crippen LogP contribution in [0.5, 0.6) is 0 Å². The molecule has 1 amide bonds. The third-order valence-electron chi connectivity index (χ3n) is 1.45. The third-order valence-corrected chi connectivity index (χ3v) is 1.45. The highest BCUT2D eigenvalue weighted by Gasteiger charge is 2.07. The first-order valence-electron chi connectivity index (χ1n) is 4.68. The first-order chi connectivity index (χ1) is 6.06.